The maximum Gasteiger partial charge on any atom is 0.251 e. The number of benzene rings is 1. The molecule has 0 atom stereocenters. The Hall–Kier alpha value is -2.04. The number of carbonyl (C=O) groups is 2. The van der Waals surface area contributed by atoms with Crippen molar-refractivity contribution in [2.45, 2.75) is 90.9 Å². The Morgan fingerprint density at radius 2 is 1.48 bits per heavy atom. The van der Waals surface area contributed by atoms with Gasteiger partial charge in [0, 0.05) is 18.5 Å². The molecule has 0 saturated carbocycles. The number of amides is 2. The molecule has 2 amide bonds. The van der Waals surface area contributed by atoms with Crippen LogP contribution in [0.5, 0.6) is 5.75 Å². The molecule has 0 aromatic heterocycles. The molecule has 1 rings (SSSR count). The lowest BCUT2D eigenvalue weighted by molar-refractivity contribution is -0.116. The summed E-state index contributed by atoms with van der Waals surface area (Å²) < 4.78 is 5.33. The molecule has 5 nitrogen and oxygen atoms in total. The first-order chi connectivity index (χ1) is 14.1. The van der Waals surface area contributed by atoms with Crippen molar-refractivity contribution in [1.29, 1.82) is 0 Å². The second kappa shape index (κ2) is 15.8. The van der Waals surface area contributed by atoms with Crippen molar-refractivity contribution in [2.24, 2.45) is 0 Å². The summed E-state index contributed by atoms with van der Waals surface area (Å²) in [6.07, 6.45) is 13.5. The van der Waals surface area contributed by atoms with Crippen LogP contribution in [0, 0.1) is 0 Å². The second-order valence-corrected chi connectivity index (χ2v) is 7.65. The van der Waals surface area contributed by atoms with E-state index in [0.717, 1.165) is 25.7 Å². The maximum absolute atomic E-state index is 12.3. The fraction of sp³-hybridized carbons (Fsp3) is 0.667. The van der Waals surface area contributed by atoms with E-state index in [1.807, 2.05) is 0 Å². The van der Waals surface area contributed by atoms with Gasteiger partial charge in [-0.3, -0.25) is 9.59 Å². The van der Waals surface area contributed by atoms with E-state index < -0.39 is 0 Å². The normalized spacial score (nSPS) is 10.6. The Morgan fingerprint density at radius 1 is 0.862 bits per heavy atom. The standard InChI is InChI=1S/C24H40N2O3/c1-4-6-8-9-10-11-12-13-14-15-23(27)26-21-19-20(16-17-22(21)29-3)24(28)25-18-7-5-2/h16-17,19H,4-15,18H2,1-3H3,(H,25,28)(H,26,27). The zero-order chi connectivity index (χ0) is 21.3. The summed E-state index contributed by atoms with van der Waals surface area (Å²) in [4.78, 5) is 24.6. The van der Waals surface area contributed by atoms with E-state index in [9.17, 15) is 9.59 Å². The SMILES string of the molecule is CCCCCCCCCCCC(=O)Nc1cc(C(=O)NCCCC)ccc1OC. The highest BCUT2D eigenvalue weighted by Gasteiger charge is 2.12. The minimum atomic E-state index is -0.129. The molecule has 0 bridgehead atoms. The molecule has 1 aromatic carbocycles. The third-order valence-corrected chi connectivity index (χ3v) is 5.06. The van der Waals surface area contributed by atoms with E-state index in [0.29, 0.717) is 30.0 Å². The van der Waals surface area contributed by atoms with Crippen LogP contribution in [0.15, 0.2) is 18.2 Å². The van der Waals surface area contributed by atoms with Crippen LogP contribution in [0.1, 0.15) is 101 Å². The number of ether oxygens (including phenoxy) is 1. The van der Waals surface area contributed by atoms with Gasteiger partial charge in [0.2, 0.25) is 5.91 Å². The average Bonchev–Trinajstić information content (AvgIpc) is 2.72. The topological polar surface area (TPSA) is 67.4 Å². The lowest BCUT2D eigenvalue weighted by atomic mass is 10.1. The molecule has 0 fully saturated rings. The zero-order valence-corrected chi connectivity index (χ0v) is 18.6. The predicted molar refractivity (Wildman–Crippen MR) is 121 cm³/mol. The lowest BCUT2D eigenvalue weighted by Gasteiger charge is -2.12. The van der Waals surface area contributed by atoms with E-state index >= 15 is 0 Å². The van der Waals surface area contributed by atoms with Crippen LogP contribution in [-0.2, 0) is 4.79 Å². The molecule has 2 N–H and O–H groups in total. The fourth-order valence-corrected chi connectivity index (χ4v) is 3.24. The van der Waals surface area contributed by atoms with E-state index in [1.54, 1.807) is 25.3 Å². The van der Waals surface area contributed by atoms with Gasteiger partial charge in [-0.05, 0) is 31.0 Å². The molecule has 29 heavy (non-hydrogen) atoms. The largest absolute Gasteiger partial charge is 0.495 e. The quantitative estimate of drug-likeness (QED) is 0.328. The zero-order valence-electron chi connectivity index (χ0n) is 18.6. The van der Waals surface area contributed by atoms with E-state index in [1.165, 1.54) is 44.9 Å². The lowest BCUT2D eigenvalue weighted by Crippen LogP contribution is -2.24. The first-order valence-electron chi connectivity index (χ1n) is 11.4. The van der Waals surface area contributed by atoms with Crippen molar-refractivity contribution in [3.05, 3.63) is 23.8 Å². The molecular weight excluding hydrogens is 364 g/mol. The number of hydrogen-bond donors (Lipinski definition) is 2. The molecule has 5 heteroatoms. The molecule has 164 valence electrons. The third-order valence-electron chi connectivity index (χ3n) is 5.06. The Labute approximate surface area is 177 Å². The molecule has 0 heterocycles. The Balaban J connectivity index is 2.39. The molecular formula is C24H40N2O3. The first kappa shape index (κ1) is 25.0. The summed E-state index contributed by atoms with van der Waals surface area (Å²) in [6, 6.07) is 5.13. The van der Waals surface area contributed by atoms with Gasteiger partial charge in [0.05, 0.1) is 12.8 Å². The highest BCUT2D eigenvalue weighted by molar-refractivity contribution is 5.98. The van der Waals surface area contributed by atoms with Crippen LogP contribution in [0.3, 0.4) is 0 Å². The van der Waals surface area contributed by atoms with Crippen LogP contribution in [0.4, 0.5) is 5.69 Å². The number of anilines is 1. The van der Waals surface area contributed by atoms with Crippen molar-refractivity contribution in [2.75, 3.05) is 19.0 Å². The van der Waals surface area contributed by atoms with E-state index in [4.69, 9.17) is 4.74 Å². The number of rotatable bonds is 16. The van der Waals surface area contributed by atoms with Crippen LogP contribution in [0.2, 0.25) is 0 Å². The summed E-state index contributed by atoms with van der Waals surface area (Å²) >= 11 is 0. The minimum absolute atomic E-state index is 0.0326. The van der Waals surface area contributed by atoms with E-state index in [2.05, 4.69) is 24.5 Å². The number of hydrogen-bond acceptors (Lipinski definition) is 3. The molecule has 0 aliphatic rings. The van der Waals surface area contributed by atoms with Gasteiger partial charge in [-0.2, -0.15) is 0 Å². The van der Waals surface area contributed by atoms with Crippen LogP contribution in [-0.4, -0.2) is 25.5 Å². The molecule has 0 saturated heterocycles. The molecule has 0 unspecified atom stereocenters. The van der Waals surface area contributed by atoms with Crippen molar-refractivity contribution in [3.8, 4) is 5.75 Å². The molecule has 1 aromatic rings. The van der Waals surface area contributed by atoms with Gasteiger partial charge in [0.1, 0.15) is 5.75 Å². The van der Waals surface area contributed by atoms with Crippen LogP contribution in [0.25, 0.3) is 0 Å². The van der Waals surface area contributed by atoms with Gasteiger partial charge >= 0.3 is 0 Å². The first-order valence-corrected chi connectivity index (χ1v) is 11.4. The second-order valence-electron chi connectivity index (χ2n) is 7.65. The minimum Gasteiger partial charge on any atom is -0.495 e. The maximum atomic E-state index is 12.3. The number of unbranched alkanes of at least 4 members (excludes halogenated alkanes) is 9. The van der Waals surface area contributed by atoms with Gasteiger partial charge in [0.15, 0.2) is 0 Å². The summed E-state index contributed by atoms with van der Waals surface area (Å²) in [5, 5.41) is 5.80. The molecule has 0 radical (unpaired) electrons. The van der Waals surface area contributed by atoms with Crippen LogP contribution < -0.4 is 15.4 Å². The third kappa shape index (κ3) is 10.9. The Kier molecular flexibility index (Phi) is 13.6. The Morgan fingerprint density at radius 3 is 2.10 bits per heavy atom. The van der Waals surface area contributed by atoms with Gasteiger partial charge in [-0.1, -0.05) is 71.6 Å². The summed E-state index contributed by atoms with van der Waals surface area (Å²) in [5.41, 5.74) is 1.08. The average molecular weight is 405 g/mol. The highest BCUT2D eigenvalue weighted by atomic mass is 16.5. The van der Waals surface area contributed by atoms with Crippen molar-refractivity contribution in [3.63, 3.8) is 0 Å². The smallest absolute Gasteiger partial charge is 0.251 e. The summed E-state index contributed by atoms with van der Waals surface area (Å²) in [6.45, 7) is 4.97. The van der Waals surface area contributed by atoms with Gasteiger partial charge in [-0.15, -0.1) is 0 Å². The fourth-order valence-electron chi connectivity index (χ4n) is 3.24. The van der Waals surface area contributed by atoms with E-state index in [-0.39, 0.29) is 11.8 Å². The molecule has 0 aliphatic heterocycles. The van der Waals surface area contributed by atoms with Gasteiger partial charge < -0.3 is 15.4 Å². The van der Waals surface area contributed by atoms with Crippen molar-refractivity contribution < 1.29 is 14.3 Å². The highest BCUT2D eigenvalue weighted by Crippen LogP contribution is 2.26. The summed E-state index contributed by atoms with van der Waals surface area (Å²) in [7, 11) is 1.56. The van der Waals surface area contributed by atoms with Gasteiger partial charge in [-0.25, -0.2) is 0 Å². The molecule has 0 aliphatic carbocycles. The monoisotopic (exact) mass is 404 g/mol. The number of carbonyl (C=O) groups excluding carboxylic acids is 2. The van der Waals surface area contributed by atoms with Crippen LogP contribution >= 0.6 is 0 Å². The molecule has 0 spiro atoms. The van der Waals surface area contributed by atoms with Gasteiger partial charge in [0.25, 0.3) is 5.91 Å². The summed E-state index contributed by atoms with van der Waals surface area (Å²) in [5.74, 6) is 0.404. The Bertz CT molecular complexity index is 602. The van der Waals surface area contributed by atoms with Crippen molar-refractivity contribution in [1.82, 2.24) is 5.32 Å². The number of methoxy groups -OCH3 is 1. The van der Waals surface area contributed by atoms with Crippen molar-refractivity contribution >= 4 is 17.5 Å². The predicted octanol–water partition coefficient (Wildman–Crippen LogP) is 6.08. The number of nitrogens with one attached hydrogen (secondary N) is 2.